The summed E-state index contributed by atoms with van der Waals surface area (Å²) < 4.78 is 34.5. The number of benzene rings is 1. The molecule has 2 aromatic heterocycles. The molecular weight excluding hydrogens is 474 g/mol. The Morgan fingerprint density at radius 1 is 1.18 bits per heavy atom. The highest BCUT2D eigenvalue weighted by Gasteiger charge is 2.54. The molecule has 0 radical (unpaired) electrons. The standard InChI is InChI=1S/C18H16ClN3O3S.C4H7F2N/c19-10-1-2-13-12(5-10)21-17(25-13)22-8-18(9-22)6-11(7-18)20-16(23)14-3-4-15(26)24-14;5-4(6)1-3(7)2-4/h1-5,11,26H,6-9H2,(H,20,23);3H,1-2,7H2. The number of rotatable bonds is 3. The van der Waals surface area contributed by atoms with Gasteiger partial charge in [0, 0.05) is 48.5 Å². The summed E-state index contributed by atoms with van der Waals surface area (Å²) in [4.78, 5) is 18.8. The molecule has 3 aliphatic rings. The Morgan fingerprint density at radius 3 is 2.48 bits per heavy atom. The van der Waals surface area contributed by atoms with Crippen LogP contribution in [-0.2, 0) is 0 Å². The highest BCUT2D eigenvalue weighted by Crippen LogP contribution is 2.49. The Kier molecular flexibility index (Phi) is 5.57. The lowest BCUT2D eigenvalue weighted by Crippen LogP contribution is -2.66. The van der Waals surface area contributed by atoms with Crippen LogP contribution in [0.4, 0.5) is 14.8 Å². The maximum atomic E-state index is 12.1. The van der Waals surface area contributed by atoms with E-state index in [1.165, 1.54) is 0 Å². The Bertz CT molecular complexity index is 1180. The van der Waals surface area contributed by atoms with Gasteiger partial charge in [-0.2, -0.15) is 4.98 Å². The van der Waals surface area contributed by atoms with Gasteiger partial charge in [0.2, 0.25) is 0 Å². The largest absolute Gasteiger partial charge is 0.445 e. The molecule has 0 atom stereocenters. The van der Waals surface area contributed by atoms with Crippen LogP contribution in [0.1, 0.15) is 36.2 Å². The average molecular weight is 497 g/mol. The molecule has 2 aliphatic carbocycles. The lowest BCUT2D eigenvalue weighted by atomic mass is 9.61. The SMILES string of the molecule is NC1CC(F)(F)C1.O=C(NC1CC2(C1)CN(c1nc3cc(Cl)ccc3o1)C2)c1ccc(S)o1. The van der Waals surface area contributed by atoms with E-state index in [2.05, 4.69) is 27.8 Å². The number of nitrogens with two attached hydrogens (primary N) is 1. The number of oxazole rings is 1. The first-order valence-corrected chi connectivity index (χ1v) is 11.5. The van der Waals surface area contributed by atoms with Gasteiger partial charge >= 0.3 is 0 Å². The maximum absolute atomic E-state index is 12.1. The van der Waals surface area contributed by atoms with Crippen LogP contribution in [-0.4, -0.2) is 42.0 Å². The number of thiol groups is 1. The summed E-state index contributed by atoms with van der Waals surface area (Å²) in [6, 6.07) is 9.32. The number of furan rings is 1. The van der Waals surface area contributed by atoms with Crippen LogP contribution in [0.5, 0.6) is 0 Å². The first kappa shape index (κ1) is 22.5. The molecule has 3 fully saturated rings. The van der Waals surface area contributed by atoms with Crippen LogP contribution in [0, 0.1) is 5.41 Å². The Hall–Kier alpha value is -2.30. The quantitative estimate of drug-likeness (QED) is 0.462. The van der Waals surface area contributed by atoms with Crippen molar-refractivity contribution in [2.24, 2.45) is 11.1 Å². The van der Waals surface area contributed by atoms with Crippen molar-refractivity contribution in [3.05, 3.63) is 41.1 Å². The van der Waals surface area contributed by atoms with Gasteiger partial charge in [-0.15, -0.1) is 12.6 Å². The molecule has 33 heavy (non-hydrogen) atoms. The smallest absolute Gasteiger partial charge is 0.298 e. The summed E-state index contributed by atoms with van der Waals surface area (Å²) in [5, 5.41) is 4.10. The monoisotopic (exact) mass is 496 g/mol. The molecule has 2 saturated carbocycles. The summed E-state index contributed by atoms with van der Waals surface area (Å²) in [5.41, 5.74) is 6.83. The number of hydrogen-bond donors (Lipinski definition) is 3. The number of fused-ring (bicyclic) bond motifs is 1. The minimum absolute atomic E-state index is 0.118. The number of alkyl halides is 2. The third kappa shape index (κ3) is 4.69. The second-order valence-corrected chi connectivity index (χ2v) is 10.1. The Balaban J connectivity index is 0.000000281. The number of nitrogens with one attached hydrogen (secondary N) is 1. The third-order valence-corrected chi connectivity index (χ3v) is 6.77. The van der Waals surface area contributed by atoms with E-state index in [-0.39, 0.29) is 36.2 Å². The number of halogens is 3. The fraction of sp³-hybridized carbons (Fsp3) is 0.455. The van der Waals surface area contributed by atoms with Gasteiger partial charge in [-0.3, -0.25) is 4.79 Å². The highest BCUT2D eigenvalue weighted by molar-refractivity contribution is 7.80. The minimum atomic E-state index is -2.43. The molecule has 0 bridgehead atoms. The van der Waals surface area contributed by atoms with Gasteiger partial charge in [-0.1, -0.05) is 11.6 Å². The lowest BCUT2D eigenvalue weighted by molar-refractivity contribution is -0.0840. The second-order valence-electron chi connectivity index (χ2n) is 9.21. The highest BCUT2D eigenvalue weighted by atomic mass is 35.5. The zero-order chi connectivity index (χ0) is 23.4. The van der Waals surface area contributed by atoms with Gasteiger partial charge < -0.3 is 24.8 Å². The summed E-state index contributed by atoms with van der Waals surface area (Å²) in [7, 11) is 0. The molecule has 6 rings (SSSR count). The molecular formula is C22H23ClF2N4O3S. The summed E-state index contributed by atoms with van der Waals surface area (Å²) in [6.45, 7) is 1.78. The molecule has 3 N–H and O–H groups in total. The molecule has 3 aromatic rings. The van der Waals surface area contributed by atoms with E-state index in [0.717, 1.165) is 37.0 Å². The lowest BCUT2D eigenvalue weighted by Gasteiger charge is -2.58. The van der Waals surface area contributed by atoms with E-state index in [4.69, 9.17) is 26.2 Å². The van der Waals surface area contributed by atoms with Crippen molar-refractivity contribution < 1.29 is 22.4 Å². The van der Waals surface area contributed by atoms with E-state index >= 15 is 0 Å². The van der Waals surface area contributed by atoms with E-state index in [0.29, 0.717) is 21.9 Å². The fourth-order valence-electron chi connectivity index (χ4n) is 4.68. The van der Waals surface area contributed by atoms with E-state index in [1.54, 1.807) is 24.3 Å². The zero-order valence-electron chi connectivity index (χ0n) is 17.6. The van der Waals surface area contributed by atoms with Crippen LogP contribution < -0.4 is 16.0 Å². The summed E-state index contributed by atoms with van der Waals surface area (Å²) in [5.74, 6) is -2.31. The molecule has 0 unspecified atom stereocenters. The number of carbonyl (C=O) groups excluding carboxylic acids is 1. The van der Waals surface area contributed by atoms with Gasteiger partial charge in [-0.25, -0.2) is 8.78 Å². The van der Waals surface area contributed by atoms with Crippen molar-refractivity contribution in [3.63, 3.8) is 0 Å². The van der Waals surface area contributed by atoms with E-state index < -0.39 is 5.92 Å². The van der Waals surface area contributed by atoms with Crippen LogP contribution in [0.3, 0.4) is 0 Å². The first-order chi connectivity index (χ1) is 15.6. The molecule has 3 heterocycles. The van der Waals surface area contributed by atoms with Crippen molar-refractivity contribution in [2.75, 3.05) is 18.0 Å². The first-order valence-electron chi connectivity index (χ1n) is 10.6. The molecule has 1 amide bonds. The second kappa shape index (κ2) is 8.18. The van der Waals surface area contributed by atoms with Crippen LogP contribution in [0.2, 0.25) is 5.02 Å². The van der Waals surface area contributed by atoms with Crippen molar-refractivity contribution in [1.82, 2.24) is 10.3 Å². The molecule has 1 spiro atoms. The van der Waals surface area contributed by atoms with E-state index in [9.17, 15) is 13.6 Å². The molecule has 1 saturated heterocycles. The van der Waals surface area contributed by atoms with Crippen molar-refractivity contribution in [3.8, 4) is 0 Å². The maximum Gasteiger partial charge on any atom is 0.298 e. The number of amides is 1. The average Bonchev–Trinajstić information content (AvgIpc) is 3.27. The van der Waals surface area contributed by atoms with Crippen molar-refractivity contribution >= 4 is 47.3 Å². The van der Waals surface area contributed by atoms with Crippen LogP contribution in [0.15, 0.2) is 44.3 Å². The Labute approximate surface area is 199 Å². The predicted octanol–water partition coefficient (Wildman–Crippen LogP) is 4.50. The van der Waals surface area contributed by atoms with Gasteiger partial charge in [0.05, 0.1) is 0 Å². The predicted molar refractivity (Wildman–Crippen MR) is 122 cm³/mol. The normalized spacial score (nSPS) is 22.7. The Morgan fingerprint density at radius 2 is 1.91 bits per heavy atom. The topological polar surface area (TPSA) is 97.5 Å². The van der Waals surface area contributed by atoms with Crippen LogP contribution >= 0.6 is 24.2 Å². The minimum Gasteiger partial charge on any atom is -0.445 e. The summed E-state index contributed by atoms with van der Waals surface area (Å²) >= 11 is 10.1. The van der Waals surface area contributed by atoms with Gasteiger partial charge in [0.1, 0.15) is 5.52 Å². The number of carbonyl (C=O) groups is 1. The molecule has 7 nitrogen and oxygen atoms in total. The number of hydrogen-bond acceptors (Lipinski definition) is 7. The van der Waals surface area contributed by atoms with Crippen molar-refractivity contribution in [2.45, 2.75) is 48.8 Å². The van der Waals surface area contributed by atoms with Crippen LogP contribution in [0.25, 0.3) is 11.1 Å². The van der Waals surface area contributed by atoms with Gasteiger partial charge in [-0.05, 0) is 43.2 Å². The van der Waals surface area contributed by atoms with E-state index in [1.807, 2.05) is 6.07 Å². The molecule has 176 valence electrons. The molecule has 1 aromatic carbocycles. The van der Waals surface area contributed by atoms with Gasteiger partial charge in [0.15, 0.2) is 16.4 Å². The zero-order valence-corrected chi connectivity index (χ0v) is 19.2. The number of anilines is 1. The van der Waals surface area contributed by atoms with Gasteiger partial charge in [0.25, 0.3) is 17.8 Å². The number of aromatic nitrogens is 1. The fourth-order valence-corrected chi connectivity index (χ4v) is 5.02. The third-order valence-electron chi connectivity index (χ3n) is 6.29. The molecule has 1 aliphatic heterocycles. The summed E-state index contributed by atoms with van der Waals surface area (Å²) in [6.07, 6.45) is 1.67. The number of nitrogens with zero attached hydrogens (tertiary/aromatic N) is 2. The van der Waals surface area contributed by atoms with Crippen molar-refractivity contribution in [1.29, 1.82) is 0 Å². The molecule has 11 heteroatoms.